The Labute approximate surface area is 105 Å². The van der Waals surface area contributed by atoms with Crippen molar-refractivity contribution in [1.82, 2.24) is 5.32 Å². The highest BCUT2D eigenvalue weighted by atomic mass is 32.2. The predicted molar refractivity (Wildman–Crippen MR) is 75.2 cm³/mol. The molecule has 3 heteroatoms. The summed E-state index contributed by atoms with van der Waals surface area (Å²) < 4.78 is 0. The van der Waals surface area contributed by atoms with Gasteiger partial charge in [-0.1, -0.05) is 39.5 Å². The van der Waals surface area contributed by atoms with Crippen LogP contribution in [0, 0.1) is 11.8 Å². The average molecular weight is 242 g/mol. The van der Waals surface area contributed by atoms with Crippen molar-refractivity contribution in [2.45, 2.75) is 53.0 Å². The molecular formula is C13H26N2S. The first-order valence-electron chi connectivity index (χ1n) is 6.53. The van der Waals surface area contributed by atoms with E-state index < -0.39 is 0 Å². The van der Waals surface area contributed by atoms with E-state index in [1.54, 1.807) is 0 Å². The lowest BCUT2D eigenvalue weighted by atomic mass is 10.0. The highest BCUT2D eigenvalue weighted by Crippen LogP contribution is 2.18. The summed E-state index contributed by atoms with van der Waals surface area (Å²) in [7, 11) is 0. The Morgan fingerprint density at radius 3 is 2.75 bits per heavy atom. The third kappa shape index (κ3) is 5.24. The van der Waals surface area contributed by atoms with Gasteiger partial charge in [0.2, 0.25) is 0 Å². The fourth-order valence-corrected chi connectivity index (χ4v) is 2.81. The van der Waals surface area contributed by atoms with Gasteiger partial charge in [-0.15, -0.1) is 0 Å². The van der Waals surface area contributed by atoms with Gasteiger partial charge in [0, 0.05) is 18.3 Å². The smallest absolute Gasteiger partial charge is 0.156 e. The monoisotopic (exact) mass is 242 g/mol. The molecule has 0 aromatic heterocycles. The summed E-state index contributed by atoms with van der Waals surface area (Å²) in [5, 5.41) is 4.73. The van der Waals surface area contributed by atoms with Crippen LogP contribution >= 0.6 is 11.8 Å². The second-order valence-corrected chi connectivity index (χ2v) is 6.44. The third-order valence-electron chi connectivity index (χ3n) is 2.98. The maximum atomic E-state index is 4.66. The van der Waals surface area contributed by atoms with Gasteiger partial charge in [-0.05, 0) is 31.1 Å². The summed E-state index contributed by atoms with van der Waals surface area (Å²) in [5.74, 6) is 2.73. The fraction of sp³-hybridized carbons (Fsp3) is 0.923. The number of aliphatic imine (C=N–C) groups is 1. The van der Waals surface area contributed by atoms with Gasteiger partial charge < -0.3 is 5.32 Å². The van der Waals surface area contributed by atoms with Crippen molar-refractivity contribution in [3.63, 3.8) is 0 Å². The van der Waals surface area contributed by atoms with Crippen molar-refractivity contribution in [2.75, 3.05) is 12.3 Å². The standard InChI is InChI=1S/C13H26N2S/c1-10(2)6-5-8-14-13-15-12(11(3)4)7-9-16-13/h10-12H,5-9H2,1-4H3,(H,14,15). The molecule has 1 N–H and O–H groups in total. The highest BCUT2D eigenvalue weighted by molar-refractivity contribution is 8.13. The van der Waals surface area contributed by atoms with E-state index in [9.17, 15) is 0 Å². The Bertz CT molecular complexity index is 224. The molecule has 94 valence electrons. The van der Waals surface area contributed by atoms with Crippen LogP contribution in [-0.4, -0.2) is 23.5 Å². The van der Waals surface area contributed by atoms with Gasteiger partial charge in [-0.2, -0.15) is 0 Å². The Morgan fingerprint density at radius 1 is 1.38 bits per heavy atom. The van der Waals surface area contributed by atoms with Crippen molar-refractivity contribution >= 4 is 16.9 Å². The molecule has 0 amide bonds. The summed E-state index contributed by atoms with van der Waals surface area (Å²) in [6, 6.07) is 0.630. The molecule has 0 bridgehead atoms. The maximum absolute atomic E-state index is 4.66. The van der Waals surface area contributed by atoms with Crippen molar-refractivity contribution in [1.29, 1.82) is 0 Å². The first kappa shape index (κ1) is 13.9. The van der Waals surface area contributed by atoms with E-state index in [-0.39, 0.29) is 0 Å². The first-order valence-corrected chi connectivity index (χ1v) is 7.52. The lowest BCUT2D eigenvalue weighted by Gasteiger charge is -2.28. The van der Waals surface area contributed by atoms with Crippen LogP contribution in [0.2, 0.25) is 0 Å². The topological polar surface area (TPSA) is 24.4 Å². The van der Waals surface area contributed by atoms with Crippen LogP contribution in [0.15, 0.2) is 4.99 Å². The number of rotatable bonds is 5. The van der Waals surface area contributed by atoms with Crippen LogP contribution in [0.1, 0.15) is 47.0 Å². The molecule has 0 radical (unpaired) electrons. The molecule has 1 fully saturated rings. The minimum absolute atomic E-state index is 0.630. The molecule has 0 spiro atoms. The van der Waals surface area contributed by atoms with E-state index in [0.717, 1.165) is 12.5 Å². The van der Waals surface area contributed by atoms with Gasteiger partial charge in [-0.3, -0.25) is 4.99 Å². The summed E-state index contributed by atoms with van der Waals surface area (Å²) in [4.78, 5) is 4.66. The minimum atomic E-state index is 0.630. The number of amidine groups is 1. The molecule has 0 aliphatic carbocycles. The van der Waals surface area contributed by atoms with Crippen molar-refractivity contribution in [3.05, 3.63) is 0 Å². The molecule has 1 saturated heterocycles. The highest BCUT2D eigenvalue weighted by Gasteiger charge is 2.19. The largest absolute Gasteiger partial charge is 0.362 e. The SMILES string of the molecule is CC(C)CCCN=C1NC(C(C)C)CCS1. The summed E-state index contributed by atoms with van der Waals surface area (Å²) in [6.07, 6.45) is 3.78. The van der Waals surface area contributed by atoms with E-state index in [4.69, 9.17) is 0 Å². The molecule has 0 aromatic carbocycles. The summed E-state index contributed by atoms with van der Waals surface area (Å²) in [6.45, 7) is 10.1. The lowest BCUT2D eigenvalue weighted by Crippen LogP contribution is -2.41. The Balaban J connectivity index is 2.27. The quantitative estimate of drug-likeness (QED) is 0.746. The number of nitrogens with one attached hydrogen (secondary N) is 1. The zero-order valence-electron chi connectivity index (χ0n) is 11.1. The molecule has 1 atom stereocenters. The predicted octanol–water partition coefficient (Wildman–Crippen LogP) is 3.53. The van der Waals surface area contributed by atoms with Crippen LogP contribution in [-0.2, 0) is 0 Å². The fourth-order valence-electron chi connectivity index (χ4n) is 1.83. The molecule has 1 aliphatic heterocycles. The van der Waals surface area contributed by atoms with Crippen LogP contribution in [0.5, 0.6) is 0 Å². The molecule has 1 unspecified atom stereocenters. The van der Waals surface area contributed by atoms with Crippen molar-refractivity contribution in [3.8, 4) is 0 Å². The van der Waals surface area contributed by atoms with Crippen LogP contribution in [0.25, 0.3) is 0 Å². The Morgan fingerprint density at radius 2 is 2.12 bits per heavy atom. The first-order chi connectivity index (χ1) is 7.59. The molecule has 1 rings (SSSR count). The molecule has 0 saturated carbocycles. The summed E-state index contributed by atoms with van der Waals surface area (Å²) in [5.41, 5.74) is 0. The number of nitrogens with zero attached hydrogens (tertiary/aromatic N) is 1. The summed E-state index contributed by atoms with van der Waals surface area (Å²) >= 11 is 1.88. The third-order valence-corrected chi connectivity index (χ3v) is 3.94. The molecular weight excluding hydrogens is 216 g/mol. The van der Waals surface area contributed by atoms with E-state index in [2.05, 4.69) is 38.0 Å². The van der Waals surface area contributed by atoms with Crippen molar-refractivity contribution < 1.29 is 0 Å². The Hall–Kier alpha value is -0.180. The van der Waals surface area contributed by atoms with E-state index in [1.165, 1.54) is 30.2 Å². The van der Waals surface area contributed by atoms with Gasteiger partial charge in [0.1, 0.15) is 0 Å². The molecule has 1 aliphatic rings. The Kier molecular flexibility index (Phi) is 6.25. The molecule has 1 heterocycles. The van der Waals surface area contributed by atoms with E-state index in [0.29, 0.717) is 12.0 Å². The van der Waals surface area contributed by atoms with Crippen LogP contribution in [0.3, 0.4) is 0 Å². The van der Waals surface area contributed by atoms with Gasteiger partial charge in [0.25, 0.3) is 0 Å². The molecule has 0 aromatic rings. The maximum Gasteiger partial charge on any atom is 0.156 e. The van der Waals surface area contributed by atoms with Crippen LogP contribution < -0.4 is 5.32 Å². The second-order valence-electron chi connectivity index (χ2n) is 5.35. The number of hydrogen-bond donors (Lipinski definition) is 1. The normalized spacial score (nSPS) is 24.1. The zero-order chi connectivity index (χ0) is 12.0. The average Bonchev–Trinajstić information content (AvgIpc) is 2.24. The van der Waals surface area contributed by atoms with Crippen LogP contribution in [0.4, 0.5) is 0 Å². The molecule has 16 heavy (non-hydrogen) atoms. The van der Waals surface area contributed by atoms with Gasteiger partial charge in [0.05, 0.1) is 0 Å². The molecule has 2 nitrogen and oxygen atoms in total. The minimum Gasteiger partial charge on any atom is -0.362 e. The van der Waals surface area contributed by atoms with Crippen molar-refractivity contribution in [2.24, 2.45) is 16.8 Å². The van der Waals surface area contributed by atoms with E-state index >= 15 is 0 Å². The number of thioether (sulfide) groups is 1. The second kappa shape index (κ2) is 7.21. The van der Waals surface area contributed by atoms with Gasteiger partial charge in [-0.25, -0.2) is 0 Å². The lowest BCUT2D eigenvalue weighted by molar-refractivity contribution is 0.442. The van der Waals surface area contributed by atoms with Gasteiger partial charge >= 0.3 is 0 Å². The number of hydrogen-bond acceptors (Lipinski definition) is 2. The van der Waals surface area contributed by atoms with Gasteiger partial charge in [0.15, 0.2) is 5.17 Å². The zero-order valence-corrected chi connectivity index (χ0v) is 11.9. The van der Waals surface area contributed by atoms with E-state index in [1.807, 2.05) is 11.8 Å².